The lowest BCUT2D eigenvalue weighted by molar-refractivity contribution is 0.00695. The molecule has 5 nitrogen and oxygen atoms in total. The second-order valence-corrected chi connectivity index (χ2v) is 4.68. The van der Waals surface area contributed by atoms with Crippen molar-refractivity contribution in [3.05, 3.63) is 35.4 Å². The Bertz CT molecular complexity index is 449. The molecule has 0 aromatic heterocycles. The van der Waals surface area contributed by atoms with Gasteiger partial charge in [0.15, 0.2) is 0 Å². The number of esters is 2. The van der Waals surface area contributed by atoms with Crippen LogP contribution in [0.25, 0.3) is 0 Å². The van der Waals surface area contributed by atoms with Gasteiger partial charge < -0.3 is 9.47 Å². The fraction of sp³-hybridized carbons (Fsp3) is 0.385. The average Bonchev–Trinajstić information content (AvgIpc) is 2.27. The predicted molar refractivity (Wildman–Crippen MR) is 66.1 cm³/mol. The third-order valence-electron chi connectivity index (χ3n) is 1.95. The van der Waals surface area contributed by atoms with E-state index in [1.165, 1.54) is 6.07 Å². The van der Waals surface area contributed by atoms with E-state index in [2.05, 4.69) is 4.74 Å². The smallest absolute Gasteiger partial charge is 0.339 e. The molecule has 0 spiro atoms. The maximum absolute atomic E-state index is 11.8. The minimum atomic E-state index is -0.579. The molecule has 0 atom stereocenters. The second-order valence-electron chi connectivity index (χ2n) is 4.68. The number of rotatable bonds is 3. The lowest BCUT2D eigenvalue weighted by atomic mass is 10.1. The molecule has 5 heteroatoms. The number of benzene rings is 1. The van der Waals surface area contributed by atoms with Crippen molar-refractivity contribution < 1.29 is 19.1 Å². The van der Waals surface area contributed by atoms with Crippen LogP contribution in [0.5, 0.6) is 0 Å². The molecular weight excluding hydrogens is 234 g/mol. The third kappa shape index (κ3) is 4.18. The molecule has 0 amide bonds. The van der Waals surface area contributed by atoms with Crippen LogP contribution in [0.15, 0.2) is 24.3 Å². The fourth-order valence-electron chi connectivity index (χ4n) is 1.27. The first-order chi connectivity index (χ1) is 8.33. The Hall–Kier alpha value is -1.88. The van der Waals surface area contributed by atoms with Crippen LogP contribution in [0.3, 0.4) is 0 Å². The van der Waals surface area contributed by atoms with Crippen LogP contribution in [-0.2, 0) is 9.47 Å². The van der Waals surface area contributed by atoms with E-state index < -0.39 is 17.5 Å². The highest BCUT2D eigenvalue weighted by molar-refractivity contribution is 5.95. The first kappa shape index (κ1) is 14.2. The minimum Gasteiger partial charge on any atom is -0.456 e. The first-order valence-electron chi connectivity index (χ1n) is 5.54. The van der Waals surface area contributed by atoms with E-state index in [1.54, 1.807) is 39.0 Å². The molecule has 0 saturated heterocycles. The molecule has 0 fully saturated rings. The van der Waals surface area contributed by atoms with Crippen molar-refractivity contribution >= 4 is 11.9 Å². The lowest BCUT2D eigenvalue weighted by Gasteiger charge is -2.19. The molecule has 0 bridgehead atoms. The summed E-state index contributed by atoms with van der Waals surface area (Å²) in [6.45, 7) is 5.13. The molecule has 0 aliphatic rings. The minimum absolute atomic E-state index is 0.199. The van der Waals surface area contributed by atoms with Crippen molar-refractivity contribution in [2.75, 3.05) is 6.73 Å². The van der Waals surface area contributed by atoms with Gasteiger partial charge in [0.05, 0.1) is 11.1 Å². The van der Waals surface area contributed by atoms with Crippen molar-refractivity contribution in [1.29, 1.82) is 0 Å². The van der Waals surface area contributed by atoms with E-state index in [9.17, 15) is 9.59 Å². The Balaban J connectivity index is 2.88. The van der Waals surface area contributed by atoms with Gasteiger partial charge in [0.25, 0.3) is 0 Å². The Morgan fingerprint density at radius 2 is 1.72 bits per heavy atom. The van der Waals surface area contributed by atoms with Gasteiger partial charge in [-0.2, -0.15) is 0 Å². The zero-order valence-electron chi connectivity index (χ0n) is 10.7. The number of hydrogen-bond donors (Lipinski definition) is 1. The highest BCUT2D eigenvalue weighted by Gasteiger charge is 2.18. The molecule has 1 rings (SSSR count). The molecule has 0 radical (unpaired) electrons. The van der Waals surface area contributed by atoms with Crippen molar-refractivity contribution in [1.82, 2.24) is 0 Å². The van der Waals surface area contributed by atoms with Crippen molar-refractivity contribution in [2.45, 2.75) is 26.4 Å². The SMILES string of the molecule is CC(C)(C)OC(=O)c1cccc(C(=O)OCN)c1. The topological polar surface area (TPSA) is 78.6 Å². The zero-order chi connectivity index (χ0) is 13.8. The molecule has 0 aliphatic carbocycles. The van der Waals surface area contributed by atoms with Gasteiger partial charge in [0, 0.05) is 0 Å². The maximum Gasteiger partial charge on any atom is 0.339 e. The molecule has 1 aromatic carbocycles. The monoisotopic (exact) mass is 251 g/mol. The van der Waals surface area contributed by atoms with Gasteiger partial charge in [-0.3, -0.25) is 5.73 Å². The Kier molecular flexibility index (Phi) is 4.44. The molecule has 98 valence electrons. The van der Waals surface area contributed by atoms with E-state index in [0.29, 0.717) is 5.56 Å². The predicted octanol–water partition coefficient (Wildman–Crippen LogP) is 1.71. The number of carbonyl (C=O) groups excluding carboxylic acids is 2. The number of nitrogens with two attached hydrogens (primary N) is 1. The molecule has 0 unspecified atom stereocenters. The van der Waals surface area contributed by atoms with Crippen LogP contribution in [0, 0.1) is 0 Å². The summed E-state index contributed by atoms with van der Waals surface area (Å²) < 4.78 is 9.85. The van der Waals surface area contributed by atoms with Gasteiger partial charge in [-0.25, -0.2) is 9.59 Å². The summed E-state index contributed by atoms with van der Waals surface area (Å²) in [5, 5.41) is 0. The van der Waals surface area contributed by atoms with E-state index in [4.69, 9.17) is 10.5 Å². The lowest BCUT2D eigenvalue weighted by Crippen LogP contribution is -2.24. The van der Waals surface area contributed by atoms with E-state index >= 15 is 0 Å². The summed E-state index contributed by atoms with van der Waals surface area (Å²) in [7, 11) is 0. The largest absolute Gasteiger partial charge is 0.456 e. The van der Waals surface area contributed by atoms with E-state index in [1.807, 2.05) is 0 Å². The number of hydrogen-bond acceptors (Lipinski definition) is 5. The van der Waals surface area contributed by atoms with Crippen LogP contribution >= 0.6 is 0 Å². The highest BCUT2D eigenvalue weighted by atomic mass is 16.6. The summed E-state index contributed by atoms with van der Waals surface area (Å²) in [6.07, 6.45) is 0. The summed E-state index contributed by atoms with van der Waals surface area (Å²) >= 11 is 0. The molecule has 0 heterocycles. The van der Waals surface area contributed by atoms with Gasteiger partial charge in [0.2, 0.25) is 0 Å². The molecule has 0 aliphatic heterocycles. The summed E-state index contributed by atoms with van der Waals surface area (Å²) in [5.74, 6) is -1.05. The quantitative estimate of drug-likeness (QED) is 0.653. The molecule has 1 aromatic rings. The maximum atomic E-state index is 11.8. The molecule has 0 saturated carbocycles. The fourth-order valence-corrected chi connectivity index (χ4v) is 1.27. The third-order valence-corrected chi connectivity index (χ3v) is 1.95. The molecular formula is C13H17NO4. The van der Waals surface area contributed by atoms with Crippen molar-refractivity contribution in [3.8, 4) is 0 Å². The van der Waals surface area contributed by atoms with Gasteiger partial charge in [-0.15, -0.1) is 0 Å². The van der Waals surface area contributed by atoms with Crippen LogP contribution in [0.2, 0.25) is 0 Å². The summed E-state index contributed by atoms with van der Waals surface area (Å²) in [5.41, 5.74) is 5.10. The van der Waals surface area contributed by atoms with Crippen molar-refractivity contribution in [2.24, 2.45) is 5.73 Å². The second kappa shape index (κ2) is 5.64. The van der Waals surface area contributed by atoms with Crippen molar-refractivity contribution in [3.63, 3.8) is 0 Å². The standard InChI is InChI=1S/C13H17NO4/c1-13(2,3)18-12(16)10-6-4-5-9(7-10)11(15)17-8-14/h4-7H,8,14H2,1-3H3. The summed E-state index contributed by atoms with van der Waals surface area (Å²) in [4.78, 5) is 23.2. The Morgan fingerprint density at radius 1 is 1.17 bits per heavy atom. The Labute approximate surface area is 106 Å². The number of carbonyl (C=O) groups is 2. The Morgan fingerprint density at radius 3 is 2.22 bits per heavy atom. The first-order valence-corrected chi connectivity index (χ1v) is 5.54. The number of ether oxygens (including phenoxy) is 2. The normalized spacial score (nSPS) is 10.9. The van der Waals surface area contributed by atoms with E-state index in [0.717, 1.165) is 0 Å². The van der Waals surface area contributed by atoms with Gasteiger partial charge >= 0.3 is 11.9 Å². The molecule has 18 heavy (non-hydrogen) atoms. The zero-order valence-corrected chi connectivity index (χ0v) is 10.7. The van der Waals surface area contributed by atoms with Crippen LogP contribution < -0.4 is 5.73 Å². The summed E-state index contributed by atoms with van der Waals surface area (Å²) in [6, 6.07) is 6.14. The molecule has 2 N–H and O–H groups in total. The van der Waals surface area contributed by atoms with Crippen LogP contribution in [-0.4, -0.2) is 24.3 Å². The van der Waals surface area contributed by atoms with E-state index in [-0.39, 0.29) is 12.3 Å². The average molecular weight is 251 g/mol. The van der Waals surface area contributed by atoms with Crippen LogP contribution in [0.4, 0.5) is 0 Å². The van der Waals surface area contributed by atoms with Crippen LogP contribution in [0.1, 0.15) is 41.5 Å². The van der Waals surface area contributed by atoms with Gasteiger partial charge in [-0.1, -0.05) is 6.07 Å². The van der Waals surface area contributed by atoms with Gasteiger partial charge in [-0.05, 0) is 39.0 Å². The highest BCUT2D eigenvalue weighted by Crippen LogP contribution is 2.13. The van der Waals surface area contributed by atoms with Gasteiger partial charge in [0.1, 0.15) is 12.3 Å².